The lowest BCUT2D eigenvalue weighted by atomic mass is 10.1. The predicted octanol–water partition coefficient (Wildman–Crippen LogP) is 1.26. The molecule has 3 rings (SSSR count). The molecule has 2 amide bonds. The fourth-order valence-corrected chi connectivity index (χ4v) is 3.91. The molecule has 1 aliphatic heterocycles. The molecule has 0 bridgehead atoms. The topological polar surface area (TPSA) is 91.8 Å². The van der Waals surface area contributed by atoms with Gasteiger partial charge in [0.2, 0.25) is 0 Å². The summed E-state index contributed by atoms with van der Waals surface area (Å²) in [5.74, 6) is -0.599. The third-order valence-electron chi connectivity index (χ3n) is 3.40. The lowest BCUT2D eigenvalue weighted by Crippen LogP contribution is -2.29. The van der Waals surface area contributed by atoms with Gasteiger partial charge in [-0.15, -0.1) is 0 Å². The van der Waals surface area contributed by atoms with Crippen molar-refractivity contribution in [1.29, 1.82) is 0 Å². The highest BCUT2D eigenvalue weighted by molar-refractivity contribution is 7.92. The minimum absolute atomic E-state index is 0.0858. The number of hydrogen-bond acceptors (Lipinski definition) is 4. The second-order valence-electron chi connectivity index (χ2n) is 4.74. The summed E-state index contributed by atoms with van der Waals surface area (Å²) in [4.78, 5) is 23.5. The molecule has 1 aromatic carbocycles. The van der Waals surface area contributed by atoms with Crippen molar-refractivity contribution in [2.24, 2.45) is 0 Å². The molecule has 0 radical (unpaired) electrons. The molecule has 0 atom stereocenters. The van der Waals surface area contributed by atoms with Gasteiger partial charge in [-0.1, -0.05) is 0 Å². The van der Waals surface area contributed by atoms with Gasteiger partial charge in [-0.2, -0.15) is 0 Å². The normalized spacial score (nSPS) is 18.5. The maximum Gasteiger partial charge on any atom is 0.414 e. The Labute approximate surface area is 109 Å². The van der Waals surface area contributed by atoms with E-state index in [2.05, 4.69) is 0 Å². The molecule has 0 aromatic heterocycles. The monoisotopic (exact) mass is 281 g/mol. The van der Waals surface area contributed by atoms with Crippen molar-refractivity contribution >= 4 is 21.8 Å². The molecular weight excluding hydrogens is 270 g/mol. The van der Waals surface area contributed by atoms with Gasteiger partial charge < -0.3 is 5.11 Å². The number of carbonyl (C=O) groups excluding carboxylic acids is 1. The summed E-state index contributed by atoms with van der Waals surface area (Å²) in [6, 6.07) is 4.20. The summed E-state index contributed by atoms with van der Waals surface area (Å²) in [6.07, 6.45) is 0.00643. The molecule has 1 saturated carbocycles. The second-order valence-corrected chi connectivity index (χ2v) is 6.97. The van der Waals surface area contributed by atoms with E-state index >= 15 is 0 Å². The van der Waals surface area contributed by atoms with Crippen LogP contribution in [0.15, 0.2) is 23.1 Å². The number of fused-ring (bicyclic) bond motifs is 1. The fraction of sp³-hybridized carbons (Fsp3) is 0.333. The van der Waals surface area contributed by atoms with E-state index < -0.39 is 21.8 Å². The first-order chi connectivity index (χ1) is 8.91. The Morgan fingerprint density at radius 3 is 2.58 bits per heavy atom. The first-order valence-corrected chi connectivity index (χ1v) is 7.37. The number of hydrogen-bond donors (Lipinski definition) is 1. The summed E-state index contributed by atoms with van der Waals surface area (Å²) in [5, 5.41) is 8.55. The summed E-state index contributed by atoms with van der Waals surface area (Å²) in [6.45, 7) is -0.0858. The van der Waals surface area contributed by atoms with Crippen LogP contribution in [0.1, 0.15) is 28.8 Å². The van der Waals surface area contributed by atoms with Crippen molar-refractivity contribution in [3.8, 4) is 0 Å². The quantitative estimate of drug-likeness (QED) is 0.881. The SMILES string of the molecule is O=C(O)N1Cc2cc(S(=O)(=O)C3CC3)ccc2C1=O. The summed E-state index contributed by atoms with van der Waals surface area (Å²) in [7, 11) is -3.32. The maximum atomic E-state index is 12.1. The Morgan fingerprint density at radius 1 is 1.32 bits per heavy atom. The number of imide groups is 1. The highest BCUT2D eigenvalue weighted by Gasteiger charge is 2.38. The van der Waals surface area contributed by atoms with E-state index in [-0.39, 0.29) is 22.3 Å². The highest BCUT2D eigenvalue weighted by atomic mass is 32.2. The number of sulfone groups is 1. The van der Waals surface area contributed by atoms with Crippen molar-refractivity contribution in [2.75, 3.05) is 0 Å². The summed E-state index contributed by atoms with van der Waals surface area (Å²) >= 11 is 0. The molecule has 1 aromatic rings. The predicted molar refractivity (Wildman–Crippen MR) is 64.5 cm³/mol. The zero-order valence-electron chi connectivity index (χ0n) is 9.87. The van der Waals surface area contributed by atoms with Crippen molar-refractivity contribution in [1.82, 2.24) is 4.90 Å². The molecular formula is C12H11NO5S. The van der Waals surface area contributed by atoms with Crippen molar-refractivity contribution in [3.05, 3.63) is 29.3 Å². The van der Waals surface area contributed by atoms with Crippen LogP contribution in [0.3, 0.4) is 0 Å². The first-order valence-electron chi connectivity index (χ1n) is 5.83. The lowest BCUT2D eigenvalue weighted by molar-refractivity contribution is 0.0763. The van der Waals surface area contributed by atoms with E-state index in [4.69, 9.17) is 5.11 Å². The summed E-state index contributed by atoms with van der Waals surface area (Å²) in [5.41, 5.74) is 0.714. The van der Waals surface area contributed by atoms with E-state index in [0.717, 1.165) is 0 Å². The minimum atomic E-state index is -3.32. The molecule has 0 spiro atoms. The van der Waals surface area contributed by atoms with Crippen LogP contribution in [-0.4, -0.2) is 35.7 Å². The van der Waals surface area contributed by atoms with Gasteiger partial charge in [-0.3, -0.25) is 4.79 Å². The Kier molecular flexibility index (Phi) is 2.43. The molecule has 100 valence electrons. The zero-order chi connectivity index (χ0) is 13.8. The molecule has 1 N–H and O–H groups in total. The number of nitrogens with zero attached hydrogens (tertiary/aromatic N) is 1. The van der Waals surface area contributed by atoms with Crippen molar-refractivity contribution in [2.45, 2.75) is 29.5 Å². The van der Waals surface area contributed by atoms with Crippen molar-refractivity contribution in [3.63, 3.8) is 0 Å². The van der Waals surface area contributed by atoms with E-state index in [1.54, 1.807) is 0 Å². The van der Waals surface area contributed by atoms with Gasteiger partial charge in [0.25, 0.3) is 5.91 Å². The lowest BCUT2D eigenvalue weighted by Gasteiger charge is -2.06. The van der Waals surface area contributed by atoms with E-state index in [0.29, 0.717) is 23.3 Å². The molecule has 1 fully saturated rings. The molecule has 7 heteroatoms. The van der Waals surface area contributed by atoms with Gasteiger partial charge in [-0.05, 0) is 36.6 Å². The molecule has 0 unspecified atom stereocenters. The largest absolute Gasteiger partial charge is 0.465 e. The molecule has 6 nitrogen and oxygen atoms in total. The van der Waals surface area contributed by atoms with Crippen LogP contribution in [0.25, 0.3) is 0 Å². The minimum Gasteiger partial charge on any atom is -0.465 e. The van der Waals surface area contributed by atoms with Gasteiger partial charge >= 0.3 is 6.09 Å². The van der Waals surface area contributed by atoms with Gasteiger partial charge in [-0.25, -0.2) is 18.1 Å². The Balaban J connectivity index is 2.02. The van der Waals surface area contributed by atoms with E-state index in [1.165, 1.54) is 18.2 Å². The maximum absolute atomic E-state index is 12.1. The number of rotatable bonds is 2. The van der Waals surface area contributed by atoms with E-state index in [1.807, 2.05) is 0 Å². The average molecular weight is 281 g/mol. The Hall–Kier alpha value is -1.89. The van der Waals surface area contributed by atoms with Gasteiger partial charge in [0.1, 0.15) is 0 Å². The molecule has 1 aliphatic carbocycles. The number of amides is 2. The first kappa shape index (κ1) is 12.2. The standard InChI is InChI=1S/C12H11NO5S/c14-11-10-4-3-9(19(17,18)8-1-2-8)5-7(10)6-13(11)12(15)16/h3-5,8H,1-2,6H2,(H,15,16). The van der Waals surface area contributed by atoms with Crippen LogP contribution < -0.4 is 0 Å². The average Bonchev–Trinajstić information content (AvgIpc) is 3.15. The van der Waals surface area contributed by atoms with Crippen LogP contribution in [0.4, 0.5) is 4.79 Å². The van der Waals surface area contributed by atoms with Crippen LogP contribution in [-0.2, 0) is 16.4 Å². The fourth-order valence-electron chi connectivity index (χ4n) is 2.20. The van der Waals surface area contributed by atoms with Gasteiger partial charge in [0, 0.05) is 5.56 Å². The Bertz CT molecular complexity index is 690. The second kappa shape index (κ2) is 3.80. The zero-order valence-corrected chi connectivity index (χ0v) is 10.7. The molecule has 19 heavy (non-hydrogen) atoms. The van der Waals surface area contributed by atoms with Crippen LogP contribution in [0, 0.1) is 0 Å². The number of benzene rings is 1. The smallest absolute Gasteiger partial charge is 0.414 e. The Morgan fingerprint density at radius 2 is 2.00 bits per heavy atom. The van der Waals surface area contributed by atoms with E-state index in [9.17, 15) is 18.0 Å². The highest BCUT2D eigenvalue weighted by Crippen LogP contribution is 2.35. The molecule has 1 heterocycles. The van der Waals surface area contributed by atoms with Gasteiger partial charge in [0.15, 0.2) is 9.84 Å². The van der Waals surface area contributed by atoms with Crippen molar-refractivity contribution < 1.29 is 23.1 Å². The van der Waals surface area contributed by atoms with Crippen LogP contribution >= 0.6 is 0 Å². The number of carboxylic acid groups (broad SMARTS) is 1. The number of carbonyl (C=O) groups is 2. The third kappa shape index (κ3) is 1.81. The molecule has 0 saturated heterocycles. The van der Waals surface area contributed by atoms with Crippen LogP contribution in [0.5, 0.6) is 0 Å². The summed E-state index contributed by atoms with van der Waals surface area (Å²) < 4.78 is 24.2. The molecule has 2 aliphatic rings. The van der Waals surface area contributed by atoms with Crippen LogP contribution in [0.2, 0.25) is 0 Å². The third-order valence-corrected chi connectivity index (χ3v) is 5.66. The van der Waals surface area contributed by atoms with Gasteiger partial charge in [0.05, 0.1) is 16.7 Å².